The van der Waals surface area contributed by atoms with Crippen LogP contribution in [0, 0.1) is 6.92 Å². The van der Waals surface area contributed by atoms with E-state index in [1.54, 1.807) is 19.5 Å². The van der Waals surface area contributed by atoms with Gasteiger partial charge >= 0.3 is 0 Å². The molecule has 2 aliphatic rings. The largest absolute Gasteiger partial charge is 0.497 e. The van der Waals surface area contributed by atoms with Crippen molar-refractivity contribution in [2.75, 3.05) is 25.5 Å². The van der Waals surface area contributed by atoms with Gasteiger partial charge in [0.15, 0.2) is 5.82 Å². The fourth-order valence-corrected chi connectivity index (χ4v) is 4.97. The van der Waals surface area contributed by atoms with Crippen molar-refractivity contribution in [2.24, 2.45) is 0 Å². The summed E-state index contributed by atoms with van der Waals surface area (Å²) in [5.41, 5.74) is 3.96. The number of fused-ring (bicyclic) bond motifs is 1. The van der Waals surface area contributed by atoms with Crippen LogP contribution < -0.4 is 10.1 Å². The second-order valence-electron chi connectivity index (χ2n) is 9.11. The summed E-state index contributed by atoms with van der Waals surface area (Å²) in [7, 11) is 1.65. The second-order valence-corrected chi connectivity index (χ2v) is 9.11. The summed E-state index contributed by atoms with van der Waals surface area (Å²) in [6.45, 7) is 5.44. The normalized spacial score (nSPS) is 20.3. The van der Waals surface area contributed by atoms with E-state index in [9.17, 15) is 4.79 Å². The molecule has 2 aromatic heterocycles. The summed E-state index contributed by atoms with van der Waals surface area (Å²) in [4.78, 5) is 28.9. The lowest BCUT2D eigenvalue weighted by atomic mass is 9.86. The van der Waals surface area contributed by atoms with Crippen LogP contribution in [-0.2, 0) is 11.2 Å². The number of likely N-dealkylation sites (tertiary alicyclic amines) is 1. The molecule has 0 saturated carbocycles. The first-order valence-corrected chi connectivity index (χ1v) is 11.5. The predicted molar refractivity (Wildman–Crippen MR) is 127 cm³/mol. The number of nitrogens with zero attached hydrogens (tertiary/aromatic N) is 4. The molecule has 2 aliphatic heterocycles. The third kappa shape index (κ3) is 4.03. The number of methoxy groups -OCH3 is 1. The van der Waals surface area contributed by atoms with Gasteiger partial charge in [0, 0.05) is 31.0 Å². The number of hydrogen-bond donors (Lipinski definition) is 1. The molecule has 3 aromatic rings. The van der Waals surface area contributed by atoms with Crippen molar-refractivity contribution in [1.29, 1.82) is 0 Å². The van der Waals surface area contributed by atoms with Gasteiger partial charge in [-0.25, -0.2) is 15.0 Å². The Kier molecular flexibility index (Phi) is 5.48. The molecule has 0 unspecified atom stereocenters. The first-order valence-electron chi connectivity index (χ1n) is 11.5. The minimum absolute atomic E-state index is 0.119. The summed E-state index contributed by atoms with van der Waals surface area (Å²) in [6.07, 6.45) is 6.33. The maximum atomic E-state index is 13.3. The number of carbonyl (C=O) groups is 1. The van der Waals surface area contributed by atoms with Crippen molar-refractivity contribution in [1.82, 2.24) is 19.9 Å². The van der Waals surface area contributed by atoms with Crippen LogP contribution in [0.25, 0.3) is 11.4 Å². The Balaban J connectivity index is 1.31. The molecule has 170 valence electrons. The van der Waals surface area contributed by atoms with Crippen molar-refractivity contribution in [3.63, 3.8) is 0 Å². The van der Waals surface area contributed by atoms with Crippen molar-refractivity contribution in [3.8, 4) is 17.1 Å². The molecule has 2 atom stereocenters. The van der Waals surface area contributed by atoms with Gasteiger partial charge in [0.05, 0.1) is 24.3 Å². The van der Waals surface area contributed by atoms with E-state index in [-0.39, 0.29) is 17.4 Å². The number of ether oxygens (including phenoxy) is 1. The molecule has 1 amide bonds. The SMILES string of the molecule is COc1ccc([C@@H](C)C(=O)N2CC[C@@]3(CCc4cc(-c5ncccn5)c(C)nc4N3)C2)cc1. The Bertz CT molecular complexity index is 1170. The smallest absolute Gasteiger partial charge is 0.229 e. The van der Waals surface area contributed by atoms with Crippen molar-refractivity contribution in [2.45, 2.75) is 44.6 Å². The molecule has 33 heavy (non-hydrogen) atoms. The molecule has 1 spiro atoms. The van der Waals surface area contributed by atoms with E-state index in [1.165, 1.54) is 5.56 Å². The monoisotopic (exact) mass is 443 g/mol. The number of aromatic nitrogens is 3. The molecule has 5 rings (SSSR count). The zero-order valence-electron chi connectivity index (χ0n) is 19.3. The maximum Gasteiger partial charge on any atom is 0.229 e. The first kappa shape index (κ1) is 21.4. The molecular weight excluding hydrogens is 414 g/mol. The van der Waals surface area contributed by atoms with Gasteiger partial charge in [0.2, 0.25) is 5.91 Å². The van der Waals surface area contributed by atoms with Crippen LogP contribution in [0.4, 0.5) is 5.82 Å². The Morgan fingerprint density at radius 1 is 1.18 bits per heavy atom. The number of carbonyl (C=O) groups excluding carboxylic acids is 1. The Labute approximate surface area is 194 Å². The van der Waals surface area contributed by atoms with Crippen molar-refractivity contribution >= 4 is 11.7 Å². The van der Waals surface area contributed by atoms with Crippen LogP contribution in [0.1, 0.15) is 42.5 Å². The molecule has 7 heteroatoms. The second kappa shape index (κ2) is 8.46. The van der Waals surface area contributed by atoms with Gasteiger partial charge in [-0.3, -0.25) is 4.79 Å². The van der Waals surface area contributed by atoms with E-state index in [2.05, 4.69) is 21.4 Å². The number of pyridine rings is 1. The number of rotatable bonds is 4. The van der Waals surface area contributed by atoms with Gasteiger partial charge in [-0.15, -0.1) is 0 Å². The van der Waals surface area contributed by atoms with Gasteiger partial charge in [-0.05, 0) is 68.5 Å². The van der Waals surface area contributed by atoms with Crippen LogP contribution in [-0.4, -0.2) is 51.5 Å². The van der Waals surface area contributed by atoms with Gasteiger partial charge in [0.25, 0.3) is 0 Å². The molecule has 1 fully saturated rings. The van der Waals surface area contributed by atoms with Gasteiger partial charge in [0.1, 0.15) is 11.6 Å². The lowest BCUT2D eigenvalue weighted by Crippen LogP contribution is -2.46. The molecule has 0 bridgehead atoms. The highest BCUT2D eigenvalue weighted by molar-refractivity contribution is 5.84. The molecule has 1 N–H and O–H groups in total. The van der Waals surface area contributed by atoms with Gasteiger partial charge < -0.3 is 15.0 Å². The Morgan fingerprint density at radius 3 is 2.67 bits per heavy atom. The van der Waals surface area contributed by atoms with Gasteiger partial charge in [-0.2, -0.15) is 0 Å². The number of benzene rings is 1. The minimum atomic E-state index is -0.185. The lowest BCUT2D eigenvalue weighted by molar-refractivity contribution is -0.131. The number of aryl methyl sites for hydroxylation is 2. The fourth-order valence-electron chi connectivity index (χ4n) is 4.97. The molecule has 1 aromatic carbocycles. The molecule has 1 saturated heterocycles. The Morgan fingerprint density at radius 2 is 1.94 bits per heavy atom. The number of nitrogens with one attached hydrogen (secondary N) is 1. The van der Waals surface area contributed by atoms with Gasteiger partial charge in [-0.1, -0.05) is 12.1 Å². The summed E-state index contributed by atoms with van der Waals surface area (Å²) in [5.74, 6) is 2.42. The van der Waals surface area contributed by atoms with E-state index in [0.29, 0.717) is 12.4 Å². The maximum absolute atomic E-state index is 13.3. The molecular formula is C26H29N5O2. The number of amides is 1. The lowest BCUT2D eigenvalue weighted by Gasteiger charge is -2.36. The summed E-state index contributed by atoms with van der Waals surface area (Å²) in [5, 5.41) is 3.71. The highest BCUT2D eigenvalue weighted by Gasteiger charge is 2.43. The van der Waals surface area contributed by atoms with E-state index in [0.717, 1.165) is 54.2 Å². The third-order valence-corrected chi connectivity index (χ3v) is 7.01. The summed E-state index contributed by atoms with van der Waals surface area (Å²) < 4.78 is 5.24. The standard InChI is InChI=1S/C26H29N5O2/c1-17(19-5-7-21(33-3)8-6-19)25(32)31-14-11-26(16-31)10-9-20-15-22(18(2)29-23(20)30-26)24-27-12-4-13-28-24/h4-8,12-13,15,17H,9-11,14,16H2,1-3H3,(H,29,30)/t17-,26+/m1/s1. The highest BCUT2D eigenvalue weighted by Crippen LogP contribution is 2.38. The Hall–Kier alpha value is -3.48. The molecule has 4 heterocycles. The van der Waals surface area contributed by atoms with E-state index < -0.39 is 0 Å². The van der Waals surface area contributed by atoms with Crippen molar-refractivity contribution in [3.05, 3.63) is 65.6 Å². The van der Waals surface area contributed by atoms with Crippen LogP contribution in [0.3, 0.4) is 0 Å². The zero-order valence-corrected chi connectivity index (χ0v) is 19.3. The topological polar surface area (TPSA) is 80.2 Å². The molecule has 0 aliphatic carbocycles. The number of hydrogen-bond acceptors (Lipinski definition) is 6. The highest BCUT2D eigenvalue weighted by atomic mass is 16.5. The summed E-state index contributed by atoms with van der Waals surface area (Å²) >= 11 is 0. The first-order chi connectivity index (χ1) is 16.0. The average molecular weight is 444 g/mol. The summed E-state index contributed by atoms with van der Waals surface area (Å²) in [6, 6.07) is 11.8. The zero-order chi connectivity index (χ0) is 23.0. The van der Waals surface area contributed by atoms with Crippen LogP contribution in [0.2, 0.25) is 0 Å². The van der Waals surface area contributed by atoms with Crippen LogP contribution >= 0.6 is 0 Å². The average Bonchev–Trinajstić information content (AvgIpc) is 3.26. The predicted octanol–water partition coefficient (Wildman–Crippen LogP) is 3.99. The van der Waals surface area contributed by atoms with E-state index >= 15 is 0 Å². The molecule has 7 nitrogen and oxygen atoms in total. The van der Waals surface area contributed by atoms with Crippen LogP contribution in [0.15, 0.2) is 48.8 Å². The quantitative estimate of drug-likeness (QED) is 0.657. The van der Waals surface area contributed by atoms with E-state index in [1.807, 2.05) is 49.1 Å². The minimum Gasteiger partial charge on any atom is -0.497 e. The number of anilines is 1. The molecule has 0 radical (unpaired) electrons. The van der Waals surface area contributed by atoms with Crippen molar-refractivity contribution < 1.29 is 9.53 Å². The van der Waals surface area contributed by atoms with Crippen LogP contribution in [0.5, 0.6) is 5.75 Å². The third-order valence-electron chi connectivity index (χ3n) is 7.01. The fraction of sp³-hybridized carbons (Fsp3) is 0.385. The van der Waals surface area contributed by atoms with E-state index in [4.69, 9.17) is 9.72 Å².